The van der Waals surface area contributed by atoms with Crippen LogP contribution in [0.4, 0.5) is 10.6 Å². The van der Waals surface area contributed by atoms with Crippen molar-refractivity contribution >= 4 is 22.9 Å². The normalized spacial score (nSPS) is 10.8. The summed E-state index contributed by atoms with van der Waals surface area (Å²) in [7, 11) is 0. The molecule has 0 saturated carbocycles. The van der Waals surface area contributed by atoms with Crippen LogP contribution in [-0.4, -0.2) is 45.4 Å². The van der Waals surface area contributed by atoms with Crippen molar-refractivity contribution in [3.8, 4) is 5.69 Å². The Bertz CT molecular complexity index is 964. The molecule has 1 aromatic carbocycles. The molecule has 0 aliphatic rings. The molecule has 142 valence electrons. The smallest absolute Gasteiger partial charge is 0.314 e. The maximum atomic E-state index is 11.5. The number of hydrogen-bond acceptors (Lipinski definition) is 5. The van der Waals surface area contributed by atoms with Gasteiger partial charge in [-0.2, -0.15) is 5.10 Å². The Kier molecular flexibility index (Phi) is 5.54. The Labute approximate surface area is 158 Å². The second kappa shape index (κ2) is 8.03. The molecule has 0 spiro atoms. The molecule has 0 bridgehead atoms. The Morgan fingerprint density at radius 3 is 2.67 bits per heavy atom. The summed E-state index contributed by atoms with van der Waals surface area (Å²) in [6, 6.07) is 7.98. The molecule has 2 heterocycles. The molecule has 0 unspecified atom stereocenters. The van der Waals surface area contributed by atoms with E-state index in [1.165, 1.54) is 0 Å². The van der Waals surface area contributed by atoms with E-state index >= 15 is 0 Å². The van der Waals surface area contributed by atoms with Crippen molar-refractivity contribution in [1.82, 2.24) is 30.4 Å². The third kappa shape index (κ3) is 4.16. The van der Waals surface area contributed by atoms with Gasteiger partial charge in [-0.1, -0.05) is 12.1 Å². The van der Waals surface area contributed by atoms with Gasteiger partial charge >= 0.3 is 6.03 Å². The first-order valence-corrected chi connectivity index (χ1v) is 9.06. The van der Waals surface area contributed by atoms with Crippen LogP contribution < -0.4 is 16.0 Å². The summed E-state index contributed by atoms with van der Waals surface area (Å²) in [6.07, 6.45) is 0. The zero-order valence-electron chi connectivity index (χ0n) is 16.1. The fourth-order valence-corrected chi connectivity index (χ4v) is 2.94. The molecule has 0 atom stereocenters. The lowest BCUT2D eigenvalue weighted by molar-refractivity contribution is 0.242. The maximum Gasteiger partial charge on any atom is 0.314 e. The highest BCUT2D eigenvalue weighted by atomic mass is 16.2. The minimum absolute atomic E-state index is 0.174. The van der Waals surface area contributed by atoms with Crippen LogP contribution in [0.5, 0.6) is 0 Å². The second-order valence-electron chi connectivity index (χ2n) is 6.37. The highest BCUT2D eigenvalue weighted by molar-refractivity contribution is 5.90. The van der Waals surface area contributed by atoms with Crippen molar-refractivity contribution in [1.29, 1.82) is 0 Å². The summed E-state index contributed by atoms with van der Waals surface area (Å²) in [4.78, 5) is 20.6. The molecule has 0 aliphatic heterocycles. The zero-order chi connectivity index (χ0) is 19.4. The summed E-state index contributed by atoms with van der Waals surface area (Å²) < 4.78 is 1.85. The van der Waals surface area contributed by atoms with E-state index in [9.17, 15) is 4.79 Å². The minimum atomic E-state index is -0.174. The van der Waals surface area contributed by atoms with Crippen LogP contribution in [0.1, 0.15) is 24.0 Å². The molecule has 2 amide bonds. The summed E-state index contributed by atoms with van der Waals surface area (Å²) in [5, 5.41) is 14.4. The Hall–Kier alpha value is -3.16. The van der Waals surface area contributed by atoms with E-state index in [0.29, 0.717) is 25.5 Å². The fraction of sp³-hybridized carbons (Fsp3) is 0.368. The Balaban J connectivity index is 1.88. The SMILES string of the molecule is CCNC(=O)NCCNc1nc(C)nc2c1c(C)nn2-c1cccc(C)c1. The first-order chi connectivity index (χ1) is 13.0. The predicted octanol–water partition coefficient (Wildman–Crippen LogP) is 2.47. The Morgan fingerprint density at radius 2 is 1.93 bits per heavy atom. The van der Waals surface area contributed by atoms with Crippen molar-refractivity contribution < 1.29 is 4.79 Å². The molecular weight excluding hydrogens is 342 g/mol. The van der Waals surface area contributed by atoms with Gasteiger partial charge in [0.05, 0.1) is 16.8 Å². The number of urea groups is 1. The first-order valence-electron chi connectivity index (χ1n) is 9.06. The topological polar surface area (TPSA) is 96.8 Å². The molecule has 8 heteroatoms. The number of hydrogen-bond donors (Lipinski definition) is 3. The largest absolute Gasteiger partial charge is 0.368 e. The highest BCUT2D eigenvalue weighted by Crippen LogP contribution is 2.26. The molecule has 2 aromatic heterocycles. The predicted molar refractivity (Wildman–Crippen MR) is 106 cm³/mol. The van der Waals surface area contributed by atoms with E-state index in [1.807, 2.05) is 37.6 Å². The lowest BCUT2D eigenvalue weighted by atomic mass is 10.2. The number of aromatic nitrogens is 4. The van der Waals surface area contributed by atoms with Crippen LogP contribution >= 0.6 is 0 Å². The summed E-state index contributed by atoms with van der Waals surface area (Å²) >= 11 is 0. The van der Waals surface area contributed by atoms with Crippen LogP contribution in [0.15, 0.2) is 24.3 Å². The number of carbonyl (C=O) groups excluding carboxylic acids is 1. The molecule has 0 saturated heterocycles. The van der Waals surface area contributed by atoms with Gasteiger partial charge in [0.1, 0.15) is 11.6 Å². The van der Waals surface area contributed by atoms with Crippen LogP contribution in [0, 0.1) is 20.8 Å². The molecule has 0 radical (unpaired) electrons. The third-order valence-electron chi connectivity index (χ3n) is 4.10. The fourth-order valence-electron chi connectivity index (χ4n) is 2.94. The van der Waals surface area contributed by atoms with Crippen molar-refractivity contribution in [2.45, 2.75) is 27.7 Å². The van der Waals surface area contributed by atoms with Gasteiger partial charge in [0.25, 0.3) is 0 Å². The van der Waals surface area contributed by atoms with Crippen molar-refractivity contribution in [3.05, 3.63) is 41.3 Å². The van der Waals surface area contributed by atoms with E-state index < -0.39 is 0 Å². The van der Waals surface area contributed by atoms with Gasteiger partial charge in [-0.05, 0) is 45.4 Å². The molecule has 3 aromatic rings. The molecule has 8 nitrogen and oxygen atoms in total. The van der Waals surface area contributed by atoms with Gasteiger partial charge in [-0.25, -0.2) is 19.4 Å². The summed E-state index contributed by atoms with van der Waals surface area (Å²) in [5.41, 5.74) is 3.75. The number of carbonyl (C=O) groups is 1. The molecule has 3 N–H and O–H groups in total. The number of rotatable bonds is 6. The average molecular weight is 367 g/mol. The van der Waals surface area contributed by atoms with E-state index in [-0.39, 0.29) is 6.03 Å². The number of aryl methyl sites for hydroxylation is 3. The molecule has 0 fully saturated rings. The van der Waals surface area contributed by atoms with E-state index in [2.05, 4.69) is 50.1 Å². The van der Waals surface area contributed by atoms with Crippen LogP contribution in [0.2, 0.25) is 0 Å². The van der Waals surface area contributed by atoms with Crippen LogP contribution in [0.3, 0.4) is 0 Å². The third-order valence-corrected chi connectivity index (χ3v) is 4.10. The molecule has 3 rings (SSSR count). The Morgan fingerprint density at radius 1 is 1.11 bits per heavy atom. The zero-order valence-corrected chi connectivity index (χ0v) is 16.1. The first kappa shape index (κ1) is 18.6. The average Bonchev–Trinajstić information content (AvgIpc) is 2.95. The van der Waals surface area contributed by atoms with Gasteiger partial charge in [0.2, 0.25) is 0 Å². The molecular formula is C19H25N7O. The van der Waals surface area contributed by atoms with Crippen molar-refractivity contribution in [3.63, 3.8) is 0 Å². The quantitative estimate of drug-likeness (QED) is 0.582. The van der Waals surface area contributed by atoms with E-state index in [4.69, 9.17) is 0 Å². The molecule has 27 heavy (non-hydrogen) atoms. The standard InChI is InChI=1S/C19H25N7O/c1-5-20-19(27)22-10-9-21-17-16-13(3)25-26(18(16)24-14(4)23-17)15-8-6-7-12(2)11-15/h6-8,11H,5,9-10H2,1-4H3,(H2,20,22,27)(H,21,23,24). The number of amides is 2. The van der Waals surface area contributed by atoms with Crippen molar-refractivity contribution in [2.24, 2.45) is 0 Å². The van der Waals surface area contributed by atoms with Gasteiger partial charge < -0.3 is 16.0 Å². The second-order valence-corrected chi connectivity index (χ2v) is 6.37. The number of nitrogens with zero attached hydrogens (tertiary/aromatic N) is 4. The number of benzene rings is 1. The highest BCUT2D eigenvalue weighted by Gasteiger charge is 2.16. The lowest BCUT2D eigenvalue weighted by Crippen LogP contribution is -2.37. The van der Waals surface area contributed by atoms with Crippen LogP contribution in [-0.2, 0) is 0 Å². The maximum absolute atomic E-state index is 11.5. The summed E-state index contributed by atoms with van der Waals surface area (Å²) in [6.45, 7) is 9.39. The van der Waals surface area contributed by atoms with E-state index in [0.717, 1.165) is 33.8 Å². The number of fused-ring (bicyclic) bond motifs is 1. The molecule has 0 aliphatic carbocycles. The van der Waals surface area contributed by atoms with Crippen LogP contribution in [0.25, 0.3) is 16.7 Å². The number of nitrogens with one attached hydrogen (secondary N) is 3. The van der Waals surface area contributed by atoms with Gasteiger partial charge in [-0.15, -0.1) is 0 Å². The lowest BCUT2D eigenvalue weighted by Gasteiger charge is -2.10. The van der Waals surface area contributed by atoms with E-state index in [1.54, 1.807) is 0 Å². The van der Waals surface area contributed by atoms with Crippen molar-refractivity contribution in [2.75, 3.05) is 25.0 Å². The van der Waals surface area contributed by atoms with Gasteiger partial charge in [0, 0.05) is 19.6 Å². The van der Waals surface area contributed by atoms with Gasteiger partial charge in [-0.3, -0.25) is 0 Å². The monoisotopic (exact) mass is 367 g/mol. The minimum Gasteiger partial charge on any atom is -0.368 e. The number of anilines is 1. The van der Waals surface area contributed by atoms with Gasteiger partial charge in [0.15, 0.2) is 5.65 Å². The summed E-state index contributed by atoms with van der Waals surface area (Å²) in [5.74, 6) is 1.39.